The third kappa shape index (κ3) is 3.95. The maximum atomic E-state index is 12.9. The van der Waals surface area contributed by atoms with Gasteiger partial charge in [0.05, 0.1) is 11.2 Å². The van der Waals surface area contributed by atoms with E-state index in [1.165, 1.54) is 23.5 Å². The summed E-state index contributed by atoms with van der Waals surface area (Å²) in [4.78, 5) is 19.5. The molecule has 1 aromatic heterocycles. The van der Waals surface area contributed by atoms with Crippen LogP contribution in [-0.2, 0) is 6.42 Å². The van der Waals surface area contributed by atoms with Crippen LogP contribution in [0, 0.1) is 5.82 Å². The van der Waals surface area contributed by atoms with E-state index in [-0.39, 0.29) is 11.7 Å². The fraction of sp³-hybridized carbons (Fsp3) is 0.412. The van der Waals surface area contributed by atoms with E-state index in [4.69, 9.17) is 0 Å². The van der Waals surface area contributed by atoms with E-state index in [1.54, 1.807) is 18.3 Å². The first-order valence-electron chi connectivity index (χ1n) is 7.81. The van der Waals surface area contributed by atoms with Gasteiger partial charge in [-0.05, 0) is 37.6 Å². The van der Waals surface area contributed by atoms with Crippen molar-refractivity contribution in [2.45, 2.75) is 25.3 Å². The Labute approximate surface area is 139 Å². The van der Waals surface area contributed by atoms with Crippen molar-refractivity contribution in [3.8, 4) is 0 Å². The van der Waals surface area contributed by atoms with Gasteiger partial charge in [0.1, 0.15) is 10.7 Å². The van der Waals surface area contributed by atoms with Crippen molar-refractivity contribution in [1.29, 1.82) is 0 Å². The number of carbonyl (C=O) groups excluding carboxylic acids is 1. The molecule has 4 nitrogen and oxygen atoms in total. The Bertz CT molecular complexity index is 671. The number of likely N-dealkylation sites (tertiary alicyclic amines) is 1. The Balaban J connectivity index is 1.66. The topological polar surface area (TPSA) is 45.2 Å². The van der Waals surface area contributed by atoms with E-state index < -0.39 is 0 Å². The molecule has 0 saturated carbocycles. The standard InChI is InChI=1S/C17H20FN3OS/c1-19-14-3-2-8-21(11-14)17(22)15-10-20-16(23-15)9-12-4-6-13(18)7-5-12/h4-7,10,14,19H,2-3,8-9,11H2,1H3/t14-/m0/s1. The molecule has 122 valence electrons. The van der Waals surface area contributed by atoms with Crippen molar-refractivity contribution in [2.24, 2.45) is 0 Å². The van der Waals surface area contributed by atoms with Crippen LogP contribution in [0.4, 0.5) is 4.39 Å². The third-order valence-corrected chi connectivity index (χ3v) is 5.14. The zero-order chi connectivity index (χ0) is 16.2. The lowest BCUT2D eigenvalue weighted by Crippen LogP contribution is -2.46. The molecule has 1 N–H and O–H groups in total. The summed E-state index contributed by atoms with van der Waals surface area (Å²) in [6.07, 6.45) is 4.42. The lowest BCUT2D eigenvalue weighted by molar-refractivity contribution is 0.0703. The Morgan fingerprint density at radius 2 is 2.22 bits per heavy atom. The predicted molar refractivity (Wildman–Crippen MR) is 89.3 cm³/mol. The van der Waals surface area contributed by atoms with Gasteiger partial charge in [-0.1, -0.05) is 12.1 Å². The van der Waals surface area contributed by atoms with E-state index in [2.05, 4.69) is 10.3 Å². The molecule has 2 aromatic rings. The SMILES string of the molecule is CN[C@H]1CCCN(C(=O)c2cnc(Cc3ccc(F)cc3)s2)C1. The number of aromatic nitrogens is 1. The van der Waals surface area contributed by atoms with Crippen LogP contribution in [0.25, 0.3) is 0 Å². The van der Waals surface area contributed by atoms with E-state index in [9.17, 15) is 9.18 Å². The number of benzene rings is 1. The van der Waals surface area contributed by atoms with Gasteiger partial charge in [0, 0.05) is 25.6 Å². The van der Waals surface area contributed by atoms with Crippen LogP contribution >= 0.6 is 11.3 Å². The molecule has 0 radical (unpaired) electrons. The number of nitrogens with one attached hydrogen (secondary N) is 1. The highest BCUT2D eigenvalue weighted by molar-refractivity contribution is 7.13. The average Bonchev–Trinajstić information content (AvgIpc) is 3.05. The first kappa shape index (κ1) is 16.1. The highest BCUT2D eigenvalue weighted by Gasteiger charge is 2.24. The van der Waals surface area contributed by atoms with Crippen LogP contribution in [0.1, 0.15) is 33.1 Å². The summed E-state index contributed by atoms with van der Waals surface area (Å²) in [5.41, 5.74) is 0.993. The largest absolute Gasteiger partial charge is 0.336 e. The molecule has 0 aliphatic carbocycles. The fourth-order valence-corrected chi connectivity index (χ4v) is 3.74. The maximum Gasteiger partial charge on any atom is 0.265 e. The summed E-state index contributed by atoms with van der Waals surface area (Å²) in [7, 11) is 1.94. The number of piperidine rings is 1. The van der Waals surface area contributed by atoms with Crippen LogP contribution in [0.15, 0.2) is 30.5 Å². The van der Waals surface area contributed by atoms with Crippen LogP contribution in [0.3, 0.4) is 0 Å². The van der Waals surface area contributed by atoms with Gasteiger partial charge in [0.15, 0.2) is 0 Å². The van der Waals surface area contributed by atoms with E-state index in [0.29, 0.717) is 17.3 Å². The smallest absolute Gasteiger partial charge is 0.265 e. The van der Waals surface area contributed by atoms with Crippen LogP contribution in [0.5, 0.6) is 0 Å². The Kier molecular flexibility index (Phi) is 5.03. The summed E-state index contributed by atoms with van der Waals surface area (Å²) in [6, 6.07) is 6.77. The van der Waals surface area contributed by atoms with Gasteiger partial charge in [-0.2, -0.15) is 0 Å². The zero-order valence-corrected chi connectivity index (χ0v) is 13.9. The number of thiazole rings is 1. The third-order valence-electron chi connectivity index (χ3n) is 4.15. The number of nitrogens with zero attached hydrogens (tertiary/aromatic N) is 2. The number of rotatable bonds is 4. The first-order chi connectivity index (χ1) is 11.2. The molecule has 1 amide bonds. The number of halogens is 1. The lowest BCUT2D eigenvalue weighted by Gasteiger charge is -2.32. The number of carbonyl (C=O) groups is 1. The minimum Gasteiger partial charge on any atom is -0.336 e. The molecule has 1 aliphatic rings. The van der Waals surface area contributed by atoms with Crippen molar-refractivity contribution < 1.29 is 9.18 Å². The minimum atomic E-state index is -0.243. The quantitative estimate of drug-likeness (QED) is 0.936. The van der Waals surface area contributed by atoms with Gasteiger partial charge < -0.3 is 10.2 Å². The summed E-state index contributed by atoms with van der Waals surface area (Å²) in [5, 5.41) is 4.12. The van der Waals surface area contributed by atoms with Gasteiger partial charge in [-0.25, -0.2) is 9.37 Å². The minimum absolute atomic E-state index is 0.0628. The lowest BCUT2D eigenvalue weighted by atomic mass is 10.1. The molecule has 1 saturated heterocycles. The maximum absolute atomic E-state index is 12.9. The molecule has 0 spiro atoms. The predicted octanol–water partition coefficient (Wildman–Crippen LogP) is 2.70. The van der Waals surface area contributed by atoms with Crippen molar-refractivity contribution in [1.82, 2.24) is 15.2 Å². The number of likely N-dealkylation sites (N-methyl/N-ethyl adjacent to an activating group) is 1. The normalized spacial score (nSPS) is 18.2. The highest BCUT2D eigenvalue weighted by atomic mass is 32.1. The van der Waals surface area contributed by atoms with Crippen LogP contribution in [-0.4, -0.2) is 42.0 Å². The number of amides is 1. The Morgan fingerprint density at radius 1 is 1.43 bits per heavy atom. The Hall–Kier alpha value is -1.79. The molecule has 3 rings (SSSR count). The molecule has 1 aromatic carbocycles. The summed E-state index contributed by atoms with van der Waals surface area (Å²) < 4.78 is 12.9. The Morgan fingerprint density at radius 3 is 2.96 bits per heavy atom. The van der Waals surface area contributed by atoms with Crippen LogP contribution < -0.4 is 5.32 Å². The van der Waals surface area contributed by atoms with Gasteiger partial charge in [-0.3, -0.25) is 4.79 Å². The molecule has 6 heteroatoms. The average molecular weight is 333 g/mol. The first-order valence-corrected chi connectivity index (χ1v) is 8.63. The molecular formula is C17H20FN3OS. The van der Waals surface area contributed by atoms with Gasteiger partial charge >= 0.3 is 0 Å². The summed E-state index contributed by atoms with van der Waals surface area (Å²) >= 11 is 1.43. The molecule has 0 unspecified atom stereocenters. The number of hydrogen-bond acceptors (Lipinski definition) is 4. The van der Waals surface area contributed by atoms with Gasteiger partial charge in [0.2, 0.25) is 0 Å². The summed E-state index contributed by atoms with van der Waals surface area (Å²) in [5.74, 6) is -0.180. The molecule has 23 heavy (non-hydrogen) atoms. The van der Waals surface area contributed by atoms with Crippen molar-refractivity contribution in [3.63, 3.8) is 0 Å². The van der Waals surface area contributed by atoms with Crippen molar-refractivity contribution >= 4 is 17.2 Å². The van der Waals surface area contributed by atoms with Crippen LogP contribution in [0.2, 0.25) is 0 Å². The second kappa shape index (κ2) is 7.19. The van der Waals surface area contributed by atoms with Gasteiger partial charge in [0.25, 0.3) is 5.91 Å². The van der Waals surface area contributed by atoms with E-state index >= 15 is 0 Å². The van der Waals surface area contributed by atoms with E-state index in [0.717, 1.165) is 36.5 Å². The summed E-state index contributed by atoms with van der Waals surface area (Å²) in [6.45, 7) is 1.56. The van der Waals surface area contributed by atoms with Crippen molar-refractivity contribution in [3.05, 3.63) is 51.7 Å². The molecule has 0 bridgehead atoms. The van der Waals surface area contributed by atoms with Gasteiger partial charge in [-0.15, -0.1) is 11.3 Å². The van der Waals surface area contributed by atoms with E-state index in [1.807, 2.05) is 11.9 Å². The molecular weight excluding hydrogens is 313 g/mol. The molecule has 1 aliphatic heterocycles. The second-order valence-corrected chi connectivity index (χ2v) is 6.92. The molecule has 2 heterocycles. The fourth-order valence-electron chi connectivity index (χ4n) is 2.82. The highest BCUT2D eigenvalue weighted by Crippen LogP contribution is 2.21. The van der Waals surface area contributed by atoms with Crippen molar-refractivity contribution in [2.75, 3.05) is 20.1 Å². The zero-order valence-electron chi connectivity index (χ0n) is 13.1. The monoisotopic (exact) mass is 333 g/mol. The number of hydrogen-bond donors (Lipinski definition) is 1. The second-order valence-electron chi connectivity index (χ2n) is 5.80. The molecule has 1 atom stereocenters. The molecule has 1 fully saturated rings.